The molecular weight excluding hydrogens is 399 g/mol. The molecule has 0 bridgehead atoms. The average Bonchev–Trinajstić information content (AvgIpc) is 2.75. The van der Waals surface area contributed by atoms with Crippen molar-refractivity contribution in [3.63, 3.8) is 0 Å². The number of hydrogen-bond donors (Lipinski definition) is 1. The van der Waals surface area contributed by atoms with Gasteiger partial charge in [-0.25, -0.2) is 4.39 Å². The van der Waals surface area contributed by atoms with Crippen molar-refractivity contribution in [2.24, 2.45) is 0 Å². The van der Waals surface area contributed by atoms with Crippen molar-refractivity contribution in [3.8, 4) is 0 Å². The third-order valence-corrected chi connectivity index (χ3v) is 5.98. The molecule has 6 heteroatoms. The minimum absolute atomic E-state index is 0.0630. The molecular formula is C24H31FN2O2S. The Morgan fingerprint density at radius 2 is 1.67 bits per heavy atom. The van der Waals surface area contributed by atoms with Gasteiger partial charge in [0.15, 0.2) is 0 Å². The normalized spacial score (nSPS) is 12.8. The van der Waals surface area contributed by atoms with Crippen molar-refractivity contribution in [1.29, 1.82) is 0 Å². The van der Waals surface area contributed by atoms with Gasteiger partial charge in [-0.1, -0.05) is 56.3 Å². The zero-order chi connectivity index (χ0) is 21.9. The minimum atomic E-state index is -0.516. The number of nitrogens with one attached hydrogen (secondary N) is 1. The van der Waals surface area contributed by atoms with Gasteiger partial charge in [-0.15, -0.1) is 11.8 Å². The summed E-state index contributed by atoms with van der Waals surface area (Å²) in [5.41, 5.74) is 1.95. The number of carbonyl (C=O) groups is 2. The van der Waals surface area contributed by atoms with Crippen LogP contribution in [0.4, 0.5) is 4.39 Å². The number of halogens is 1. The van der Waals surface area contributed by atoms with Crippen LogP contribution in [-0.4, -0.2) is 34.6 Å². The number of nitrogens with zero attached hydrogens (tertiary/aromatic N) is 1. The summed E-state index contributed by atoms with van der Waals surface area (Å²) in [4.78, 5) is 27.7. The van der Waals surface area contributed by atoms with Crippen LogP contribution in [0.1, 0.15) is 44.7 Å². The van der Waals surface area contributed by atoms with Gasteiger partial charge in [0.05, 0.1) is 5.75 Å². The monoisotopic (exact) mass is 430 g/mol. The molecule has 0 saturated heterocycles. The molecule has 0 aliphatic carbocycles. The molecule has 2 amide bonds. The Morgan fingerprint density at radius 1 is 1.00 bits per heavy atom. The number of carbonyl (C=O) groups excluding carboxylic acids is 2. The Bertz CT molecular complexity index is 799. The van der Waals surface area contributed by atoms with Crippen molar-refractivity contribution in [2.75, 3.05) is 5.75 Å². The van der Waals surface area contributed by atoms with Crippen LogP contribution in [-0.2, 0) is 21.9 Å². The Balaban J connectivity index is 2.09. The SMILES string of the molecule is CC[C@H](C)NC(=O)[C@H](CC)N(Cc1ccccc1)C(=O)CSCc1ccc(F)cc1. The molecule has 0 unspecified atom stereocenters. The predicted molar refractivity (Wildman–Crippen MR) is 122 cm³/mol. The van der Waals surface area contributed by atoms with Crippen LogP contribution in [0.2, 0.25) is 0 Å². The number of amides is 2. The van der Waals surface area contributed by atoms with E-state index in [0.717, 1.165) is 17.5 Å². The maximum atomic E-state index is 13.1. The summed E-state index contributed by atoms with van der Waals surface area (Å²) >= 11 is 1.47. The fraction of sp³-hybridized carbons (Fsp3) is 0.417. The zero-order valence-corrected chi connectivity index (χ0v) is 18.8. The topological polar surface area (TPSA) is 49.4 Å². The van der Waals surface area contributed by atoms with Crippen molar-refractivity contribution in [1.82, 2.24) is 10.2 Å². The first-order valence-electron chi connectivity index (χ1n) is 10.4. The number of hydrogen-bond acceptors (Lipinski definition) is 3. The van der Waals surface area contributed by atoms with Gasteiger partial charge in [0.2, 0.25) is 11.8 Å². The molecule has 0 fully saturated rings. The maximum absolute atomic E-state index is 13.1. The van der Waals surface area contributed by atoms with Gasteiger partial charge in [-0.05, 0) is 43.0 Å². The van der Waals surface area contributed by atoms with E-state index in [1.54, 1.807) is 17.0 Å². The molecule has 0 saturated carbocycles. The summed E-state index contributed by atoms with van der Waals surface area (Å²) in [7, 11) is 0. The quantitative estimate of drug-likeness (QED) is 0.558. The molecule has 0 aromatic heterocycles. The second-order valence-electron chi connectivity index (χ2n) is 7.37. The third-order valence-electron chi connectivity index (χ3n) is 4.99. The van der Waals surface area contributed by atoms with E-state index >= 15 is 0 Å². The summed E-state index contributed by atoms with van der Waals surface area (Å²) in [6.45, 7) is 6.30. The van der Waals surface area contributed by atoms with Crippen LogP contribution in [0.5, 0.6) is 0 Å². The van der Waals surface area contributed by atoms with Crippen LogP contribution < -0.4 is 5.32 Å². The summed E-state index contributed by atoms with van der Waals surface area (Å²) in [6, 6.07) is 15.6. The lowest BCUT2D eigenvalue weighted by molar-refractivity contribution is -0.139. The highest BCUT2D eigenvalue weighted by atomic mass is 32.2. The standard InChI is InChI=1S/C24H31FN2O2S/c1-4-18(3)26-24(29)22(5-2)27(15-19-9-7-6-8-10-19)23(28)17-30-16-20-11-13-21(25)14-12-20/h6-14,18,22H,4-5,15-17H2,1-3H3,(H,26,29)/t18-,22-/m0/s1. The van der Waals surface area contributed by atoms with Gasteiger partial charge in [0, 0.05) is 18.3 Å². The second kappa shape index (κ2) is 12.4. The van der Waals surface area contributed by atoms with Gasteiger partial charge < -0.3 is 10.2 Å². The van der Waals surface area contributed by atoms with Crippen LogP contribution in [0.15, 0.2) is 54.6 Å². The van der Waals surface area contributed by atoms with Gasteiger partial charge >= 0.3 is 0 Å². The van der Waals surface area contributed by atoms with E-state index in [0.29, 0.717) is 18.7 Å². The maximum Gasteiger partial charge on any atom is 0.243 e. The molecule has 30 heavy (non-hydrogen) atoms. The van der Waals surface area contributed by atoms with Crippen molar-refractivity contribution in [3.05, 3.63) is 71.5 Å². The second-order valence-corrected chi connectivity index (χ2v) is 8.35. The lowest BCUT2D eigenvalue weighted by atomic mass is 10.1. The van der Waals surface area contributed by atoms with E-state index in [1.807, 2.05) is 51.1 Å². The van der Waals surface area contributed by atoms with Gasteiger partial charge in [-0.3, -0.25) is 9.59 Å². The summed E-state index contributed by atoms with van der Waals surface area (Å²) < 4.78 is 13.1. The summed E-state index contributed by atoms with van der Waals surface area (Å²) in [5, 5.41) is 3.01. The van der Waals surface area contributed by atoms with Crippen LogP contribution in [0.3, 0.4) is 0 Å². The molecule has 0 aliphatic rings. The summed E-state index contributed by atoms with van der Waals surface area (Å²) in [5.74, 6) is 0.419. The van der Waals surface area contributed by atoms with Crippen molar-refractivity contribution < 1.29 is 14.0 Å². The number of thioether (sulfide) groups is 1. The van der Waals surface area contributed by atoms with Crippen LogP contribution in [0, 0.1) is 5.82 Å². The molecule has 2 aromatic carbocycles. The Hall–Kier alpha value is -2.34. The van der Waals surface area contributed by atoms with Crippen molar-refractivity contribution >= 4 is 23.6 Å². The van der Waals surface area contributed by atoms with Gasteiger partial charge in [-0.2, -0.15) is 0 Å². The largest absolute Gasteiger partial charge is 0.352 e. The van der Waals surface area contributed by atoms with Gasteiger partial charge in [0.25, 0.3) is 0 Å². The smallest absolute Gasteiger partial charge is 0.243 e. The lowest BCUT2D eigenvalue weighted by Gasteiger charge is -2.31. The molecule has 0 radical (unpaired) electrons. The highest BCUT2D eigenvalue weighted by molar-refractivity contribution is 7.99. The van der Waals surface area contributed by atoms with Crippen LogP contribution >= 0.6 is 11.8 Å². The first-order chi connectivity index (χ1) is 14.4. The van der Waals surface area contributed by atoms with E-state index in [2.05, 4.69) is 5.32 Å². The molecule has 0 aliphatic heterocycles. The molecule has 4 nitrogen and oxygen atoms in total. The highest BCUT2D eigenvalue weighted by Gasteiger charge is 2.29. The first-order valence-corrected chi connectivity index (χ1v) is 11.6. The molecule has 2 rings (SSSR count). The first kappa shape index (κ1) is 23.9. The summed E-state index contributed by atoms with van der Waals surface area (Å²) in [6.07, 6.45) is 1.38. The molecule has 0 heterocycles. The van der Waals surface area contributed by atoms with E-state index in [-0.39, 0.29) is 29.4 Å². The lowest BCUT2D eigenvalue weighted by Crippen LogP contribution is -2.51. The Morgan fingerprint density at radius 3 is 2.27 bits per heavy atom. The minimum Gasteiger partial charge on any atom is -0.352 e. The molecule has 2 atom stereocenters. The van der Waals surface area contributed by atoms with Crippen LogP contribution in [0.25, 0.3) is 0 Å². The number of rotatable bonds is 11. The van der Waals surface area contributed by atoms with E-state index in [9.17, 15) is 14.0 Å². The Kier molecular flexibility index (Phi) is 9.87. The third kappa shape index (κ3) is 7.48. The van der Waals surface area contributed by atoms with Gasteiger partial charge in [0.1, 0.15) is 11.9 Å². The predicted octanol–water partition coefficient (Wildman–Crippen LogP) is 4.78. The number of benzene rings is 2. The van der Waals surface area contributed by atoms with E-state index < -0.39 is 6.04 Å². The molecule has 0 spiro atoms. The van der Waals surface area contributed by atoms with Crippen molar-refractivity contribution in [2.45, 2.75) is 58.0 Å². The van der Waals surface area contributed by atoms with E-state index in [4.69, 9.17) is 0 Å². The fourth-order valence-electron chi connectivity index (χ4n) is 3.06. The molecule has 1 N–H and O–H groups in total. The zero-order valence-electron chi connectivity index (χ0n) is 17.9. The van der Waals surface area contributed by atoms with E-state index in [1.165, 1.54) is 23.9 Å². The fourth-order valence-corrected chi connectivity index (χ4v) is 3.93. The molecule has 2 aromatic rings. The molecule has 162 valence electrons. The Labute approximate surface area is 183 Å². The highest BCUT2D eigenvalue weighted by Crippen LogP contribution is 2.17. The average molecular weight is 431 g/mol.